The van der Waals surface area contributed by atoms with Crippen LogP contribution in [0.4, 0.5) is 0 Å². The molecule has 0 fully saturated rings. The molecular weight excluding hydrogens is 376 g/mol. The van der Waals surface area contributed by atoms with E-state index >= 15 is 0 Å². The van der Waals surface area contributed by atoms with Gasteiger partial charge in [0.2, 0.25) is 0 Å². The highest BCUT2D eigenvalue weighted by molar-refractivity contribution is 5.21. The summed E-state index contributed by atoms with van der Waals surface area (Å²) in [5.74, 6) is 1.96. The molecule has 166 valence electrons. The number of hydrogen-bond acceptors (Lipinski definition) is 0. The Morgan fingerprint density at radius 2 is 1.45 bits per heavy atom. The first-order valence-corrected chi connectivity index (χ1v) is 12.3. The van der Waals surface area contributed by atoms with Gasteiger partial charge in [-0.1, -0.05) is 93.8 Å². The lowest BCUT2D eigenvalue weighted by Gasteiger charge is -2.12. The number of rotatable bonds is 12. The molecule has 2 heteroatoms. The van der Waals surface area contributed by atoms with E-state index in [0.29, 0.717) is 12.0 Å². The summed E-state index contributed by atoms with van der Waals surface area (Å²) in [6.07, 6.45) is 11.1. The molecule has 1 atom stereocenters. The zero-order valence-electron chi connectivity index (χ0n) is 20.1. The summed E-state index contributed by atoms with van der Waals surface area (Å²) in [4.78, 5) is 0. The van der Waals surface area contributed by atoms with Gasteiger partial charge in [-0.3, -0.25) is 0 Å². The Labute approximate surface area is 190 Å². The molecule has 1 unspecified atom stereocenters. The smallest absolute Gasteiger partial charge is 0.232 e. The average Bonchev–Trinajstić information content (AvgIpc) is 3.12. The van der Waals surface area contributed by atoms with E-state index in [2.05, 4.69) is 104 Å². The fourth-order valence-electron chi connectivity index (χ4n) is 4.54. The lowest BCUT2D eigenvalue weighted by molar-refractivity contribution is -0.710. The van der Waals surface area contributed by atoms with E-state index < -0.39 is 0 Å². The summed E-state index contributed by atoms with van der Waals surface area (Å²) in [5, 5.41) is 0. The molecule has 1 heterocycles. The molecule has 0 radical (unpaired) electrons. The third-order valence-corrected chi connectivity index (χ3v) is 6.38. The largest absolute Gasteiger partial charge is 0.261 e. The van der Waals surface area contributed by atoms with Crippen molar-refractivity contribution in [2.45, 2.75) is 91.1 Å². The maximum atomic E-state index is 2.65. The predicted octanol–water partition coefficient (Wildman–Crippen LogP) is 7.26. The third kappa shape index (κ3) is 6.56. The van der Waals surface area contributed by atoms with E-state index in [-0.39, 0.29) is 0 Å². The van der Waals surface area contributed by atoms with Crippen LogP contribution in [0.2, 0.25) is 0 Å². The number of nitrogens with zero attached hydrogens (tertiary/aromatic N) is 2. The predicted molar refractivity (Wildman–Crippen MR) is 132 cm³/mol. The molecule has 1 aromatic heterocycles. The van der Waals surface area contributed by atoms with Crippen LogP contribution in [0.25, 0.3) is 0 Å². The number of benzene rings is 2. The van der Waals surface area contributed by atoms with Crippen molar-refractivity contribution in [3.05, 3.63) is 89.5 Å². The van der Waals surface area contributed by atoms with Crippen molar-refractivity contribution in [2.24, 2.45) is 0 Å². The van der Waals surface area contributed by atoms with Gasteiger partial charge in [-0.05, 0) is 43.7 Å². The van der Waals surface area contributed by atoms with Crippen LogP contribution >= 0.6 is 0 Å². The third-order valence-electron chi connectivity index (χ3n) is 6.38. The van der Waals surface area contributed by atoms with E-state index in [1.54, 1.807) is 0 Å². The van der Waals surface area contributed by atoms with Crippen LogP contribution in [0.5, 0.6) is 0 Å². The zero-order valence-corrected chi connectivity index (χ0v) is 20.1. The summed E-state index contributed by atoms with van der Waals surface area (Å²) < 4.78 is 5.17. The molecule has 31 heavy (non-hydrogen) atoms. The highest BCUT2D eigenvalue weighted by Crippen LogP contribution is 2.22. The molecule has 0 amide bonds. The van der Waals surface area contributed by atoms with E-state index in [1.807, 2.05) is 0 Å². The first-order chi connectivity index (χ1) is 15.1. The standard InChI is InChI=1S/C29H41N2/c1-5-6-7-8-15-20-30-28(21-25(4)27-18-13-10-14-19-27)23-31(24(2)3)29(30)22-26-16-11-9-12-17-26/h9-14,16-19,23-25H,5-8,15,20-22H2,1-4H3/q+1. The lowest BCUT2D eigenvalue weighted by atomic mass is 9.96. The molecule has 0 aliphatic heterocycles. The Bertz CT molecular complexity index is 893. The van der Waals surface area contributed by atoms with Crippen LogP contribution in [-0.4, -0.2) is 4.57 Å². The molecule has 2 aromatic carbocycles. The van der Waals surface area contributed by atoms with Gasteiger partial charge in [-0.2, -0.15) is 0 Å². The van der Waals surface area contributed by atoms with Crippen molar-refractivity contribution in [1.29, 1.82) is 0 Å². The van der Waals surface area contributed by atoms with E-state index in [9.17, 15) is 0 Å². The molecule has 0 spiro atoms. The van der Waals surface area contributed by atoms with Gasteiger partial charge in [-0.25, -0.2) is 9.13 Å². The van der Waals surface area contributed by atoms with Gasteiger partial charge in [0, 0.05) is 6.42 Å². The SMILES string of the molecule is CCCCCCC[n+]1c(CC(C)c2ccccc2)cn(C(C)C)c1Cc1ccccc1. The minimum Gasteiger partial charge on any atom is -0.232 e. The normalized spacial score (nSPS) is 12.4. The van der Waals surface area contributed by atoms with Crippen LogP contribution < -0.4 is 4.57 Å². The Hall–Kier alpha value is -2.35. The molecule has 0 aliphatic carbocycles. The first-order valence-electron chi connectivity index (χ1n) is 12.3. The van der Waals surface area contributed by atoms with Crippen LogP contribution in [-0.2, 0) is 19.4 Å². The molecule has 0 saturated carbocycles. The summed E-state index contributed by atoms with van der Waals surface area (Å²) in [7, 11) is 0. The molecule has 0 bridgehead atoms. The molecule has 2 nitrogen and oxygen atoms in total. The van der Waals surface area contributed by atoms with Crippen LogP contribution in [0.3, 0.4) is 0 Å². The fourth-order valence-corrected chi connectivity index (χ4v) is 4.54. The number of aromatic nitrogens is 2. The topological polar surface area (TPSA) is 8.81 Å². The van der Waals surface area contributed by atoms with Gasteiger partial charge < -0.3 is 0 Å². The second kappa shape index (κ2) is 11.9. The molecular formula is C29H41N2+. The second-order valence-corrected chi connectivity index (χ2v) is 9.28. The Morgan fingerprint density at radius 3 is 2.10 bits per heavy atom. The Kier molecular flexibility index (Phi) is 8.94. The quantitative estimate of drug-likeness (QED) is 0.216. The minimum absolute atomic E-state index is 0.464. The second-order valence-electron chi connectivity index (χ2n) is 9.28. The lowest BCUT2D eigenvalue weighted by Crippen LogP contribution is -2.42. The highest BCUT2D eigenvalue weighted by atomic mass is 15.2. The van der Waals surface area contributed by atoms with E-state index in [0.717, 1.165) is 19.4 Å². The summed E-state index contributed by atoms with van der Waals surface area (Å²) in [6, 6.07) is 22.4. The number of imidazole rings is 1. The van der Waals surface area contributed by atoms with Crippen molar-refractivity contribution in [1.82, 2.24) is 4.57 Å². The highest BCUT2D eigenvalue weighted by Gasteiger charge is 2.26. The van der Waals surface area contributed by atoms with Crippen molar-refractivity contribution in [3.8, 4) is 0 Å². The Balaban J connectivity index is 1.90. The molecule has 0 aliphatic rings. The van der Waals surface area contributed by atoms with E-state index in [4.69, 9.17) is 0 Å². The summed E-state index contributed by atoms with van der Waals surface area (Å²) in [6.45, 7) is 10.4. The number of unbranched alkanes of at least 4 members (excludes halogenated alkanes) is 4. The van der Waals surface area contributed by atoms with Gasteiger partial charge in [0.15, 0.2) is 0 Å². The monoisotopic (exact) mass is 417 g/mol. The van der Waals surface area contributed by atoms with Crippen molar-refractivity contribution in [2.75, 3.05) is 0 Å². The molecule has 0 saturated heterocycles. The summed E-state index contributed by atoms with van der Waals surface area (Å²) in [5.41, 5.74) is 4.30. The fraction of sp³-hybridized carbons (Fsp3) is 0.483. The average molecular weight is 418 g/mol. The van der Waals surface area contributed by atoms with Crippen molar-refractivity contribution < 1.29 is 4.57 Å². The number of hydrogen-bond donors (Lipinski definition) is 0. The maximum Gasteiger partial charge on any atom is 0.261 e. The zero-order chi connectivity index (χ0) is 22.1. The van der Waals surface area contributed by atoms with Crippen LogP contribution in [0.1, 0.15) is 94.4 Å². The first kappa shape index (κ1) is 23.3. The maximum absolute atomic E-state index is 2.65. The van der Waals surface area contributed by atoms with Crippen molar-refractivity contribution in [3.63, 3.8) is 0 Å². The van der Waals surface area contributed by atoms with Gasteiger partial charge in [0.25, 0.3) is 5.82 Å². The molecule has 0 N–H and O–H groups in total. The van der Waals surface area contributed by atoms with Crippen LogP contribution in [0.15, 0.2) is 66.9 Å². The van der Waals surface area contributed by atoms with E-state index in [1.165, 1.54) is 54.7 Å². The molecule has 3 rings (SSSR count). The summed E-state index contributed by atoms with van der Waals surface area (Å²) >= 11 is 0. The van der Waals surface area contributed by atoms with Gasteiger partial charge in [0.05, 0.1) is 19.0 Å². The van der Waals surface area contributed by atoms with Gasteiger partial charge in [0.1, 0.15) is 11.9 Å². The Morgan fingerprint density at radius 1 is 0.806 bits per heavy atom. The van der Waals surface area contributed by atoms with Gasteiger partial charge in [-0.15, -0.1) is 0 Å². The van der Waals surface area contributed by atoms with Crippen LogP contribution in [0, 0.1) is 0 Å². The van der Waals surface area contributed by atoms with Crippen molar-refractivity contribution >= 4 is 0 Å². The minimum atomic E-state index is 0.464. The molecule has 3 aromatic rings. The van der Waals surface area contributed by atoms with Gasteiger partial charge >= 0.3 is 0 Å².